The van der Waals surface area contributed by atoms with Crippen LogP contribution in [0.4, 0.5) is 5.82 Å². The lowest BCUT2D eigenvalue weighted by atomic mass is 10.1. The number of nitrogens with two attached hydrogens (primary N) is 1. The summed E-state index contributed by atoms with van der Waals surface area (Å²) in [5, 5.41) is 19.3. The summed E-state index contributed by atoms with van der Waals surface area (Å²) in [5.74, 6) is 0.264. The molecule has 0 aromatic carbocycles. The molecule has 2 aromatic rings. The summed E-state index contributed by atoms with van der Waals surface area (Å²) < 4.78 is 12.5. The summed E-state index contributed by atoms with van der Waals surface area (Å²) in [6, 6.07) is 0. The maximum Gasteiger partial charge on any atom is 0.167 e. The number of ether oxygens (including phenoxy) is 2. The van der Waals surface area contributed by atoms with Gasteiger partial charge < -0.3 is 25.4 Å². The lowest BCUT2D eigenvalue weighted by Crippen LogP contribution is -2.34. The Morgan fingerprint density at radius 1 is 1.45 bits per heavy atom. The van der Waals surface area contributed by atoms with E-state index in [1.807, 2.05) is 0 Å². The highest BCUT2D eigenvalue weighted by atomic mass is 16.6. The molecule has 0 radical (unpaired) electrons. The lowest BCUT2D eigenvalue weighted by Gasteiger charge is -2.19. The topological polar surface area (TPSA) is 129 Å². The number of anilines is 1. The van der Waals surface area contributed by atoms with Crippen molar-refractivity contribution in [2.75, 3.05) is 19.5 Å². The molecular weight excluding hydrogens is 266 g/mol. The maximum absolute atomic E-state index is 10.0. The van der Waals surface area contributed by atoms with Crippen molar-refractivity contribution in [2.24, 2.45) is 0 Å². The van der Waals surface area contributed by atoms with Crippen molar-refractivity contribution < 1.29 is 19.7 Å². The van der Waals surface area contributed by atoms with E-state index >= 15 is 0 Å². The maximum atomic E-state index is 10.0. The molecule has 0 amide bonds. The third-order valence-corrected chi connectivity index (χ3v) is 3.43. The molecule has 2 aromatic heterocycles. The molecule has 4 atom stereocenters. The van der Waals surface area contributed by atoms with Crippen LogP contribution in [0.2, 0.25) is 0 Å². The molecule has 1 unspecified atom stereocenters. The van der Waals surface area contributed by atoms with Gasteiger partial charge in [-0.05, 0) is 0 Å². The Morgan fingerprint density at radius 3 is 2.95 bits per heavy atom. The Kier molecular flexibility index (Phi) is 3.26. The van der Waals surface area contributed by atoms with Crippen molar-refractivity contribution in [2.45, 2.75) is 24.5 Å². The van der Waals surface area contributed by atoms with E-state index in [1.54, 1.807) is 4.57 Å². The molecule has 1 aliphatic rings. The highest BCUT2D eigenvalue weighted by Crippen LogP contribution is 2.33. The molecule has 20 heavy (non-hydrogen) atoms. The number of rotatable bonds is 3. The largest absolute Gasteiger partial charge is 0.394 e. The summed E-state index contributed by atoms with van der Waals surface area (Å²) in [6.07, 6.45) is -0.119. The van der Waals surface area contributed by atoms with E-state index in [9.17, 15) is 10.2 Å². The Labute approximate surface area is 114 Å². The van der Waals surface area contributed by atoms with Gasteiger partial charge in [0.15, 0.2) is 17.7 Å². The monoisotopic (exact) mass is 281 g/mol. The fraction of sp³-hybridized carbons (Fsp3) is 0.545. The van der Waals surface area contributed by atoms with Crippen molar-refractivity contribution in [3.8, 4) is 0 Å². The SMILES string of the molecule is CO[C@H]1C(O)[C@@H](CO)O[C@H]1n1cnc2c(N)ncnc21. The van der Waals surface area contributed by atoms with Gasteiger partial charge in [-0.15, -0.1) is 0 Å². The van der Waals surface area contributed by atoms with Gasteiger partial charge in [0.1, 0.15) is 30.2 Å². The first-order valence-electron chi connectivity index (χ1n) is 6.07. The average molecular weight is 281 g/mol. The van der Waals surface area contributed by atoms with Crippen LogP contribution in [0.5, 0.6) is 0 Å². The first-order chi connectivity index (χ1) is 9.67. The second-order valence-electron chi connectivity index (χ2n) is 4.52. The molecule has 0 saturated carbocycles. The van der Waals surface area contributed by atoms with Crippen LogP contribution in [-0.4, -0.2) is 61.8 Å². The highest BCUT2D eigenvalue weighted by Gasteiger charge is 2.45. The van der Waals surface area contributed by atoms with E-state index in [0.29, 0.717) is 11.2 Å². The van der Waals surface area contributed by atoms with Crippen molar-refractivity contribution >= 4 is 17.0 Å². The molecule has 3 heterocycles. The highest BCUT2D eigenvalue weighted by molar-refractivity contribution is 5.81. The van der Waals surface area contributed by atoms with E-state index in [0.717, 1.165) is 0 Å². The lowest BCUT2D eigenvalue weighted by molar-refractivity contribution is -0.0583. The fourth-order valence-electron chi connectivity index (χ4n) is 2.40. The molecule has 1 aliphatic heterocycles. The van der Waals surface area contributed by atoms with E-state index in [-0.39, 0.29) is 12.4 Å². The minimum atomic E-state index is -0.938. The third-order valence-electron chi connectivity index (χ3n) is 3.43. The second kappa shape index (κ2) is 4.94. The van der Waals surface area contributed by atoms with E-state index in [1.165, 1.54) is 19.8 Å². The predicted molar refractivity (Wildman–Crippen MR) is 67.5 cm³/mol. The fourth-order valence-corrected chi connectivity index (χ4v) is 2.40. The number of nitrogen functional groups attached to an aromatic ring is 1. The molecule has 9 nitrogen and oxygen atoms in total. The van der Waals surface area contributed by atoms with Crippen molar-refractivity contribution in [1.29, 1.82) is 0 Å². The Bertz CT molecular complexity index is 618. The first kappa shape index (κ1) is 13.2. The third kappa shape index (κ3) is 1.83. The van der Waals surface area contributed by atoms with Crippen LogP contribution in [0.15, 0.2) is 12.7 Å². The molecule has 1 saturated heterocycles. The van der Waals surface area contributed by atoms with Crippen LogP contribution in [-0.2, 0) is 9.47 Å². The number of methoxy groups -OCH3 is 1. The number of hydrogen-bond donors (Lipinski definition) is 3. The Morgan fingerprint density at radius 2 is 2.25 bits per heavy atom. The number of aromatic nitrogens is 4. The van der Waals surface area contributed by atoms with Crippen LogP contribution in [0.3, 0.4) is 0 Å². The van der Waals surface area contributed by atoms with Crippen LogP contribution in [0.25, 0.3) is 11.2 Å². The normalized spacial score (nSPS) is 30.1. The van der Waals surface area contributed by atoms with Crippen LogP contribution in [0.1, 0.15) is 6.23 Å². The smallest absolute Gasteiger partial charge is 0.167 e. The van der Waals surface area contributed by atoms with Gasteiger partial charge in [0, 0.05) is 7.11 Å². The molecule has 0 bridgehead atoms. The van der Waals surface area contributed by atoms with Gasteiger partial charge in [-0.2, -0.15) is 0 Å². The van der Waals surface area contributed by atoms with Crippen LogP contribution >= 0.6 is 0 Å². The van der Waals surface area contributed by atoms with E-state index < -0.39 is 24.5 Å². The summed E-state index contributed by atoms with van der Waals surface area (Å²) in [4.78, 5) is 12.1. The second-order valence-corrected chi connectivity index (χ2v) is 4.52. The summed E-state index contributed by atoms with van der Waals surface area (Å²) >= 11 is 0. The number of fused-ring (bicyclic) bond motifs is 1. The van der Waals surface area contributed by atoms with Gasteiger partial charge >= 0.3 is 0 Å². The van der Waals surface area contributed by atoms with Gasteiger partial charge in [0.2, 0.25) is 0 Å². The van der Waals surface area contributed by atoms with Gasteiger partial charge in [-0.25, -0.2) is 15.0 Å². The molecule has 9 heteroatoms. The number of imidazole rings is 1. The van der Waals surface area contributed by atoms with Gasteiger partial charge in [0.05, 0.1) is 12.9 Å². The molecule has 1 fully saturated rings. The Hall–Kier alpha value is -1.81. The minimum Gasteiger partial charge on any atom is -0.394 e. The predicted octanol–water partition coefficient (Wildman–Crippen LogP) is -1.33. The van der Waals surface area contributed by atoms with Crippen molar-refractivity contribution in [1.82, 2.24) is 19.5 Å². The zero-order valence-corrected chi connectivity index (χ0v) is 10.7. The summed E-state index contributed by atoms with van der Waals surface area (Å²) in [5.41, 5.74) is 6.66. The Balaban J connectivity index is 2.04. The zero-order valence-electron chi connectivity index (χ0n) is 10.7. The molecule has 0 spiro atoms. The number of hydrogen-bond acceptors (Lipinski definition) is 8. The van der Waals surface area contributed by atoms with Gasteiger partial charge in [0.25, 0.3) is 0 Å². The molecule has 0 aliphatic carbocycles. The van der Waals surface area contributed by atoms with Crippen LogP contribution in [0, 0.1) is 0 Å². The van der Waals surface area contributed by atoms with Crippen molar-refractivity contribution in [3.05, 3.63) is 12.7 Å². The standard InChI is InChI=1S/C11H15N5O4/c1-19-8-7(18)5(2-17)20-11(8)16-4-15-6-9(12)13-3-14-10(6)16/h3-5,7-8,11,17-18H,2H2,1H3,(H2,12,13,14)/t5-,7?,8+,11-/m1/s1. The van der Waals surface area contributed by atoms with E-state index in [4.69, 9.17) is 15.2 Å². The first-order valence-corrected chi connectivity index (χ1v) is 6.07. The quantitative estimate of drug-likeness (QED) is 0.631. The van der Waals surface area contributed by atoms with E-state index in [2.05, 4.69) is 15.0 Å². The van der Waals surface area contributed by atoms with Gasteiger partial charge in [-0.1, -0.05) is 0 Å². The summed E-state index contributed by atoms with van der Waals surface area (Å²) in [6.45, 7) is -0.304. The molecule has 3 rings (SSSR count). The number of aliphatic hydroxyl groups excluding tert-OH is 2. The zero-order chi connectivity index (χ0) is 14.3. The molecule has 4 N–H and O–H groups in total. The minimum absolute atomic E-state index is 0.264. The summed E-state index contributed by atoms with van der Waals surface area (Å²) in [7, 11) is 1.46. The molecular formula is C11H15N5O4. The average Bonchev–Trinajstić information content (AvgIpc) is 3.00. The number of aliphatic hydroxyl groups is 2. The van der Waals surface area contributed by atoms with Gasteiger partial charge in [-0.3, -0.25) is 4.57 Å². The number of nitrogens with zero attached hydrogens (tertiary/aromatic N) is 4. The van der Waals surface area contributed by atoms with Crippen LogP contribution < -0.4 is 5.73 Å². The van der Waals surface area contributed by atoms with Crippen molar-refractivity contribution in [3.63, 3.8) is 0 Å². The molecule has 108 valence electrons.